The van der Waals surface area contributed by atoms with Crippen LogP contribution in [0.4, 0.5) is 0 Å². The van der Waals surface area contributed by atoms with Crippen molar-refractivity contribution in [2.24, 2.45) is 19.5 Å². The van der Waals surface area contributed by atoms with Gasteiger partial charge in [0.2, 0.25) is 10.0 Å². The molecule has 25 heavy (non-hydrogen) atoms. The topological polar surface area (TPSA) is 73.1 Å². The molecule has 0 radical (unpaired) electrons. The number of nitrogens with one attached hydrogen (secondary N) is 1. The minimum absolute atomic E-state index is 0.0298. The van der Waals surface area contributed by atoms with Crippen molar-refractivity contribution in [3.63, 3.8) is 0 Å². The zero-order valence-electron chi connectivity index (χ0n) is 14.4. The second-order valence-corrected chi connectivity index (χ2v) is 9.99. The Bertz CT molecular complexity index is 1020. The molecule has 1 atom stereocenters. The molecule has 2 aliphatic carbocycles. The Labute approximate surface area is 155 Å². The van der Waals surface area contributed by atoms with Crippen molar-refractivity contribution in [1.29, 1.82) is 0 Å². The van der Waals surface area contributed by atoms with Crippen LogP contribution in [0.5, 0.6) is 0 Å². The Morgan fingerprint density at radius 2 is 1.72 bits per heavy atom. The number of sulfonamides is 1. The van der Waals surface area contributed by atoms with E-state index in [1.807, 2.05) is 0 Å². The quantitative estimate of drug-likeness (QED) is 0.817. The van der Waals surface area contributed by atoms with E-state index in [-0.39, 0.29) is 22.0 Å². The number of hydrogen-bond acceptors (Lipinski definition) is 3. The van der Waals surface area contributed by atoms with Gasteiger partial charge in [0.15, 0.2) is 0 Å². The molecule has 1 heterocycles. The SMILES string of the molecule is Cn1c(=O)n(C)c2cc(S(=O)(=O)NC3CCC34CCCC4)c(Br)cc21. The van der Waals surface area contributed by atoms with Gasteiger partial charge in [0, 0.05) is 24.6 Å². The van der Waals surface area contributed by atoms with Gasteiger partial charge in [0.25, 0.3) is 0 Å². The monoisotopic (exact) mass is 427 g/mol. The second-order valence-electron chi connectivity index (χ2n) is 7.45. The first kappa shape index (κ1) is 17.3. The molecular weight excluding hydrogens is 406 g/mol. The molecule has 2 saturated carbocycles. The van der Waals surface area contributed by atoms with Crippen LogP contribution in [0.1, 0.15) is 38.5 Å². The Morgan fingerprint density at radius 3 is 2.28 bits per heavy atom. The van der Waals surface area contributed by atoms with Gasteiger partial charge >= 0.3 is 5.69 Å². The molecule has 4 rings (SSSR count). The van der Waals surface area contributed by atoms with Crippen LogP contribution in [-0.4, -0.2) is 23.6 Å². The third-order valence-corrected chi connectivity index (χ3v) is 8.61. The van der Waals surface area contributed by atoms with E-state index in [2.05, 4.69) is 20.7 Å². The van der Waals surface area contributed by atoms with E-state index in [0.717, 1.165) is 25.7 Å². The lowest BCUT2D eigenvalue weighted by molar-refractivity contribution is 0.0900. The lowest BCUT2D eigenvalue weighted by Crippen LogP contribution is -2.53. The van der Waals surface area contributed by atoms with Crippen LogP contribution >= 0.6 is 15.9 Å². The molecule has 0 amide bonds. The summed E-state index contributed by atoms with van der Waals surface area (Å²) in [7, 11) is -0.311. The lowest BCUT2D eigenvalue weighted by atomic mass is 9.64. The van der Waals surface area contributed by atoms with Crippen molar-refractivity contribution in [3.8, 4) is 0 Å². The standard InChI is InChI=1S/C17H22BrN3O3S/c1-20-12-9-11(18)14(10-13(12)21(2)16(20)22)25(23,24)19-15-5-8-17(15)6-3-4-7-17/h9-10,15,19H,3-8H2,1-2H3. The van der Waals surface area contributed by atoms with Crippen LogP contribution in [-0.2, 0) is 24.1 Å². The summed E-state index contributed by atoms with van der Waals surface area (Å²) < 4.78 is 32.4. The maximum absolute atomic E-state index is 13.0. The van der Waals surface area contributed by atoms with E-state index in [1.54, 1.807) is 26.2 Å². The third kappa shape index (κ3) is 2.52. The number of benzene rings is 1. The van der Waals surface area contributed by atoms with Crippen LogP contribution in [0.3, 0.4) is 0 Å². The fourth-order valence-electron chi connectivity index (χ4n) is 4.52. The minimum atomic E-state index is -3.65. The van der Waals surface area contributed by atoms with Gasteiger partial charge < -0.3 is 0 Å². The van der Waals surface area contributed by atoms with Crippen LogP contribution in [0.25, 0.3) is 11.0 Å². The molecule has 0 saturated heterocycles. The molecule has 8 heteroatoms. The minimum Gasteiger partial charge on any atom is -0.295 e. The van der Waals surface area contributed by atoms with Gasteiger partial charge in [-0.1, -0.05) is 12.8 Å². The van der Waals surface area contributed by atoms with Gasteiger partial charge in [-0.25, -0.2) is 17.9 Å². The Balaban J connectivity index is 1.74. The number of fused-ring (bicyclic) bond motifs is 1. The highest BCUT2D eigenvalue weighted by Gasteiger charge is 2.49. The van der Waals surface area contributed by atoms with Crippen molar-refractivity contribution in [3.05, 3.63) is 27.1 Å². The maximum Gasteiger partial charge on any atom is 0.328 e. The molecule has 2 fully saturated rings. The summed E-state index contributed by atoms with van der Waals surface area (Å²) in [5.74, 6) is 0. The largest absolute Gasteiger partial charge is 0.328 e. The average Bonchev–Trinajstić information content (AvgIpc) is 3.15. The van der Waals surface area contributed by atoms with Gasteiger partial charge in [-0.3, -0.25) is 9.13 Å². The zero-order valence-corrected chi connectivity index (χ0v) is 16.8. The molecule has 1 aromatic heterocycles. The molecule has 136 valence electrons. The molecule has 0 aliphatic heterocycles. The van der Waals surface area contributed by atoms with E-state index in [1.165, 1.54) is 22.0 Å². The highest BCUT2D eigenvalue weighted by Crippen LogP contribution is 2.53. The fraction of sp³-hybridized carbons (Fsp3) is 0.588. The number of nitrogens with zero attached hydrogens (tertiary/aromatic N) is 2. The van der Waals surface area contributed by atoms with Gasteiger partial charge in [-0.15, -0.1) is 0 Å². The summed E-state index contributed by atoms with van der Waals surface area (Å²) in [6.45, 7) is 0. The highest BCUT2D eigenvalue weighted by atomic mass is 79.9. The summed E-state index contributed by atoms with van der Waals surface area (Å²) in [5.41, 5.74) is 1.31. The first-order valence-electron chi connectivity index (χ1n) is 8.62. The molecule has 1 aromatic carbocycles. The van der Waals surface area contributed by atoms with E-state index >= 15 is 0 Å². The number of hydrogen-bond donors (Lipinski definition) is 1. The molecular formula is C17H22BrN3O3S. The Hall–Kier alpha value is -1.12. The Morgan fingerprint density at radius 1 is 1.12 bits per heavy atom. The smallest absolute Gasteiger partial charge is 0.295 e. The average molecular weight is 428 g/mol. The highest BCUT2D eigenvalue weighted by molar-refractivity contribution is 9.10. The van der Waals surface area contributed by atoms with E-state index in [9.17, 15) is 13.2 Å². The first-order valence-corrected chi connectivity index (χ1v) is 10.9. The van der Waals surface area contributed by atoms with Crippen molar-refractivity contribution < 1.29 is 8.42 Å². The third-order valence-electron chi connectivity index (χ3n) is 6.18. The summed E-state index contributed by atoms with van der Waals surface area (Å²) in [4.78, 5) is 12.3. The van der Waals surface area contributed by atoms with Crippen molar-refractivity contribution >= 4 is 37.0 Å². The van der Waals surface area contributed by atoms with Crippen LogP contribution in [0.15, 0.2) is 26.3 Å². The van der Waals surface area contributed by atoms with E-state index in [0.29, 0.717) is 15.5 Å². The van der Waals surface area contributed by atoms with Crippen molar-refractivity contribution in [1.82, 2.24) is 13.9 Å². The molecule has 1 N–H and O–H groups in total. The predicted octanol–water partition coefficient (Wildman–Crippen LogP) is 2.64. The molecule has 6 nitrogen and oxygen atoms in total. The molecule has 1 spiro atoms. The molecule has 0 bridgehead atoms. The molecule has 1 unspecified atom stereocenters. The normalized spacial score (nSPS) is 22.6. The zero-order chi connectivity index (χ0) is 18.0. The Kier molecular flexibility index (Phi) is 3.94. The van der Waals surface area contributed by atoms with Crippen LogP contribution in [0.2, 0.25) is 0 Å². The number of aryl methyl sites for hydroxylation is 2. The lowest BCUT2D eigenvalue weighted by Gasteiger charge is -2.47. The molecule has 2 aliphatic rings. The number of aromatic nitrogens is 2. The molecule has 2 aromatic rings. The second kappa shape index (κ2) is 5.69. The maximum atomic E-state index is 13.0. The summed E-state index contributed by atoms with van der Waals surface area (Å²) in [6, 6.07) is 3.32. The van der Waals surface area contributed by atoms with Crippen LogP contribution < -0.4 is 10.4 Å². The summed E-state index contributed by atoms with van der Waals surface area (Å²) >= 11 is 3.38. The van der Waals surface area contributed by atoms with E-state index in [4.69, 9.17) is 0 Å². The van der Waals surface area contributed by atoms with E-state index < -0.39 is 10.0 Å². The predicted molar refractivity (Wildman–Crippen MR) is 100 cm³/mol. The van der Waals surface area contributed by atoms with Gasteiger partial charge in [-0.2, -0.15) is 0 Å². The fourth-order valence-corrected chi connectivity index (χ4v) is 6.94. The summed E-state index contributed by atoms with van der Waals surface area (Å²) in [6.07, 6.45) is 6.65. The van der Waals surface area contributed by atoms with Crippen molar-refractivity contribution in [2.45, 2.75) is 49.5 Å². The van der Waals surface area contributed by atoms with Gasteiger partial charge in [0.1, 0.15) is 0 Å². The summed E-state index contributed by atoms with van der Waals surface area (Å²) in [5, 5.41) is 0. The van der Waals surface area contributed by atoms with Crippen molar-refractivity contribution in [2.75, 3.05) is 0 Å². The van der Waals surface area contributed by atoms with Crippen LogP contribution in [0, 0.1) is 5.41 Å². The first-order chi connectivity index (χ1) is 11.8. The van der Waals surface area contributed by atoms with Gasteiger partial charge in [-0.05, 0) is 59.2 Å². The number of rotatable bonds is 3. The number of imidazole rings is 1. The van der Waals surface area contributed by atoms with Gasteiger partial charge in [0.05, 0.1) is 15.9 Å². The number of halogens is 1.